The topological polar surface area (TPSA) is 55.2 Å². The van der Waals surface area contributed by atoms with Gasteiger partial charge in [0.1, 0.15) is 5.52 Å². The molecule has 1 unspecified atom stereocenters. The van der Waals surface area contributed by atoms with Gasteiger partial charge in [0.2, 0.25) is 0 Å². The van der Waals surface area contributed by atoms with E-state index in [1.165, 1.54) is 5.56 Å². The van der Waals surface area contributed by atoms with E-state index in [9.17, 15) is 0 Å². The van der Waals surface area contributed by atoms with Crippen molar-refractivity contribution >= 4 is 11.0 Å². The number of likely N-dealkylation sites (N-methyl/N-ethyl adjacent to an activating group) is 1. The van der Waals surface area contributed by atoms with Crippen LogP contribution < -0.4 is 10.1 Å². The molecule has 1 atom stereocenters. The summed E-state index contributed by atoms with van der Waals surface area (Å²) in [5.41, 5.74) is 3.25. The van der Waals surface area contributed by atoms with Crippen LogP contribution in [0.2, 0.25) is 0 Å². The Morgan fingerprint density at radius 1 is 1.42 bits per heavy atom. The third-order valence-corrected chi connectivity index (χ3v) is 3.79. The minimum Gasteiger partial charge on any atom is -0.467 e. The number of piperazine rings is 1. The van der Waals surface area contributed by atoms with Gasteiger partial charge in [-0.1, -0.05) is 0 Å². The molecule has 6 heteroatoms. The third-order valence-electron chi connectivity index (χ3n) is 3.79. The first kappa shape index (κ1) is 12.4. The van der Waals surface area contributed by atoms with Crippen LogP contribution in [0, 0.1) is 0 Å². The van der Waals surface area contributed by atoms with Crippen molar-refractivity contribution in [1.82, 2.24) is 24.8 Å². The highest BCUT2D eigenvalue weighted by molar-refractivity contribution is 5.79. The fourth-order valence-corrected chi connectivity index (χ4v) is 2.66. The predicted octanol–water partition coefficient (Wildman–Crippen LogP) is 0.553. The van der Waals surface area contributed by atoms with Gasteiger partial charge in [0, 0.05) is 38.4 Å². The van der Waals surface area contributed by atoms with Crippen molar-refractivity contribution in [3.63, 3.8) is 0 Å². The van der Waals surface area contributed by atoms with Crippen LogP contribution >= 0.6 is 0 Å². The Kier molecular flexibility index (Phi) is 3.12. The van der Waals surface area contributed by atoms with E-state index in [1.54, 1.807) is 7.11 Å². The predicted molar refractivity (Wildman–Crippen MR) is 73.3 cm³/mol. The SMILES string of the molecule is COc1ncc2c(n1)c(C1CNCCN1C)cn2C. The molecule has 0 bridgehead atoms. The molecule has 0 amide bonds. The molecule has 1 fully saturated rings. The van der Waals surface area contributed by atoms with Crippen molar-refractivity contribution < 1.29 is 4.74 Å². The zero-order chi connectivity index (χ0) is 13.4. The summed E-state index contributed by atoms with van der Waals surface area (Å²) >= 11 is 0. The van der Waals surface area contributed by atoms with Gasteiger partial charge < -0.3 is 14.6 Å². The van der Waals surface area contributed by atoms with Crippen LogP contribution in [-0.2, 0) is 7.05 Å². The average molecular weight is 261 g/mol. The Morgan fingerprint density at radius 2 is 2.26 bits per heavy atom. The van der Waals surface area contributed by atoms with Gasteiger partial charge >= 0.3 is 6.01 Å². The highest BCUT2D eigenvalue weighted by Crippen LogP contribution is 2.29. The minimum atomic E-state index is 0.344. The average Bonchev–Trinajstić information content (AvgIpc) is 2.76. The minimum absolute atomic E-state index is 0.344. The Bertz CT molecular complexity index is 594. The van der Waals surface area contributed by atoms with Crippen LogP contribution in [0.5, 0.6) is 6.01 Å². The van der Waals surface area contributed by atoms with Gasteiger partial charge in [-0.2, -0.15) is 4.98 Å². The lowest BCUT2D eigenvalue weighted by Gasteiger charge is -2.32. The molecule has 2 aromatic rings. The first-order valence-electron chi connectivity index (χ1n) is 6.47. The second-order valence-electron chi connectivity index (χ2n) is 4.99. The number of nitrogens with zero attached hydrogens (tertiary/aromatic N) is 4. The van der Waals surface area contributed by atoms with Crippen LogP contribution in [0.15, 0.2) is 12.4 Å². The number of rotatable bonds is 2. The molecule has 6 nitrogen and oxygen atoms in total. The fourth-order valence-electron chi connectivity index (χ4n) is 2.66. The van der Waals surface area contributed by atoms with E-state index in [0.29, 0.717) is 12.1 Å². The van der Waals surface area contributed by atoms with Gasteiger partial charge in [0.25, 0.3) is 0 Å². The summed E-state index contributed by atoms with van der Waals surface area (Å²) < 4.78 is 7.22. The van der Waals surface area contributed by atoms with Crippen molar-refractivity contribution in [3.8, 4) is 6.01 Å². The molecule has 19 heavy (non-hydrogen) atoms. The monoisotopic (exact) mass is 261 g/mol. The number of aryl methyl sites for hydroxylation is 1. The largest absolute Gasteiger partial charge is 0.467 e. The van der Waals surface area contributed by atoms with Crippen LogP contribution in [0.25, 0.3) is 11.0 Å². The van der Waals surface area contributed by atoms with Crippen molar-refractivity contribution in [1.29, 1.82) is 0 Å². The molecule has 1 N–H and O–H groups in total. The van der Waals surface area contributed by atoms with E-state index in [1.807, 2.05) is 13.2 Å². The van der Waals surface area contributed by atoms with Gasteiger partial charge in [-0.05, 0) is 7.05 Å². The maximum Gasteiger partial charge on any atom is 0.316 e. The van der Waals surface area contributed by atoms with Gasteiger partial charge in [-0.15, -0.1) is 0 Å². The zero-order valence-electron chi connectivity index (χ0n) is 11.6. The number of aromatic nitrogens is 3. The summed E-state index contributed by atoms with van der Waals surface area (Å²) in [6, 6.07) is 0.767. The molecule has 2 aromatic heterocycles. The van der Waals surface area contributed by atoms with Crippen LogP contribution in [0.4, 0.5) is 0 Å². The molecule has 3 rings (SSSR count). The second kappa shape index (κ2) is 4.79. The fraction of sp³-hybridized carbons (Fsp3) is 0.538. The zero-order valence-corrected chi connectivity index (χ0v) is 11.6. The van der Waals surface area contributed by atoms with Crippen molar-refractivity contribution in [3.05, 3.63) is 18.0 Å². The molecule has 3 heterocycles. The summed E-state index contributed by atoms with van der Waals surface area (Å²) in [5, 5.41) is 3.44. The number of fused-ring (bicyclic) bond motifs is 1. The quantitative estimate of drug-likeness (QED) is 0.855. The third kappa shape index (κ3) is 2.06. The van der Waals surface area contributed by atoms with Gasteiger partial charge in [0.05, 0.1) is 24.9 Å². The van der Waals surface area contributed by atoms with Crippen molar-refractivity contribution in [2.75, 3.05) is 33.8 Å². The molecule has 0 aliphatic carbocycles. The molecular weight excluding hydrogens is 242 g/mol. The number of hydrogen-bond acceptors (Lipinski definition) is 5. The maximum absolute atomic E-state index is 5.14. The van der Waals surface area contributed by atoms with E-state index in [4.69, 9.17) is 4.74 Å². The summed E-state index contributed by atoms with van der Waals surface area (Å²) in [4.78, 5) is 11.1. The Morgan fingerprint density at radius 3 is 3.00 bits per heavy atom. The molecule has 0 aromatic carbocycles. The van der Waals surface area contributed by atoms with E-state index in [2.05, 4.69) is 38.0 Å². The molecule has 1 aliphatic heterocycles. The van der Waals surface area contributed by atoms with Gasteiger partial charge in [0.15, 0.2) is 0 Å². The molecule has 1 aliphatic rings. The lowest BCUT2D eigenvalue weighted by molar-refractivity contribution is 0.203. The lowest BCUT2D eigenvalue weighted by atomic mass is 10.1. The Labute approximate surface area is 112 Å². The first-order valence-corrected chi connectivity index (χ1v) is 6.47. The maximum atomic E-state index is 5.14. The van der Waals surface area contributed by atoms with E-state index in [0.717, 1.165) is 30.7 Å². The highest BCUT2D eigenvalue weighted by Gasteiger charge is 2.24. The van der Waals surface area contributed by atoms with Crippen molar-refractivity contribution in [2.24, 2.45) is 7.05 Å². The van der Waals surface area contributed by atoms with Crippen molar-refractivity contribution in [2.45, 2.75) is 6.04 Å². The number of ether oxygens (including phenoxy) is 1. The molecule has 102 valence electrons. The Hall–Kier alpha value is -1.66. The molecule has 1 saturated heterocycles. The normalized spacial score (nSPS) is 20.9. The molecule has 0 spiro atoms. The van der Waals surface area contributed by atoms with Crippen LogP contribution in [0.1, 0.15) is 11.6 Å². The summed E-state index contributed by atoms with van der Waals surface area (Å²) in [7, 11) is 5.78. The first-order chi connectivity index (χ1) is 9.20. The molecule has 0 saturated carbocycles. The Balaban J connectivity index is 2.11. The highest BCUT2D eigenvalue weighted by atomic mass is 16.5. The lowest BCUT2D eigenvalue weighted by Crippen LogP contribution is -2.43. The standard InChI is InChI=1S/C13H19N5O/c1-17-5-4-14-6-10(17)9-8-18(2)11-7-15-13(19-3)16-12(9)11/h7-8,10,14H,4-6H2,1-3H3. The second-order valence-corrected chi connectivity index (χ2v) is 4.99. The molecular formula is C13H19N5O. The van der Waals surface area contributed by atoms with E-state index in [-0.39, 0.29) is 0 Å². The van der Waals surface area contributed by atoms with Crippen LogP contribution in [0.3, 0.4) is 0 Å². The smallest absolute Gasteiger partial charge is 0.316 e. The number of methoxy groups -OCH3 is 1. The number of hydrogen-bond donors (Lipinski definition) is 1. The van der Waals surface area contributed by atoms with Gasteiger partial charge in [-0.25, -0.2) is 4.98 Å². The van der Waals surface area contributed by atoms with Gasteiger partial charge in [-0.3, -0.25) is 4.90 Å². The molecule has 0 radical (unpaired) electrons. The summed E-state index contributed by atoms with van der Waals surface area (Å²) in [5.74, 6) is 0. The number of nitrogens with one attached hydrogen (secondary N) is 1. The summed E-state index contributed by atoms with van der Waals surface area (Å²) in [6.07, 6.45) is 3.97. The van der Waals surface area contributed by atoms with E-state index < -0.39 is 0 Å². The summed E-state index contributed by atoms with van der Waals surface area (Å²) in [6.45, 7) is 3.03. The van der Waals surface area contributed by atoms with Crippen LogP contribution in [-0.4, -0.2) is 53.2 Å². The van der Waals surface area contributed by atoms with E-state index >= 15 is 0 Å².